The van der Waals surface area contributed by atoms with E-state index in [1.54, 1.807) is 53.6 Å². The molecule has 9 heteroatoms. The maximum atomic E-state index is 13.8. The van der Waals surface area contributed by atoms with E-state index in [2.05, 4.69) is 10.3 Å². The first-order valence-electron chi connectivity index (χ1n) is 13.0. The fourth-order valence-electron chi connectivity index (χ4n) is 4.21. The van der Waals surface area contributed by atoms with Crippen molar-refractivity contribution in [3.63, 3.8) is 0 Å². The van der Waals surface area contributed by atoms with Crippen molar-refractivity contribution in [1.82, 2.24) is 20.1 Å². The summed E-state index contributed by atoms with van der Waals surface area (Å²) in [6, 6.07) is 28.3. The minimum absolute atomic E-state index is 0.0170. The minimum Gasteiger partial charge on any atom is -0.494 e. The molecule has 1 amide bonds. The predicted molar refractivity (Wildman–Crippen MR) is 158 cm³/mol. The van der Waals surface area contributed by atoms with Crippen LogP contribution in [0.5, 0.6) is 5.75 Å². The van der Waals surface area contributed by atoms with Crippen molar-refractivity contribution in [3.05, 3.63) is 132 Å². The molecule has 5 rings (SSSR count). The smallest absolute Gasteiger partial charge is 0.263 e. The molecule has 5 aromatic rings. The highest BCUT2D eigenvalue weighted by atomic mass is 32.2. The summed E-state index contributed by atoms with van der Waals surface area (Å²) in [7, 11) is -4.19. The van der Waals surface area contributed by atoms with Crippen molar-refractivity contribution in [2.45, 2.75) is 18.4 Å². The molecule has 0 aliphatic heterocycles. The van der Waals surface area contributed by atoms with Crippen LogP contribution in [0, 0.1) is 0 Å². The maximum absolute atomic E-state index is 13.8. The lowest BCUT2D eigenvalue weighted by Gasteiger charge is -2.11. The van der Waals surface area contributed by atoms with Crippen LogP contribution in [0.1, 0.15) is 18.1 Å². The van der Waals surface area contributed by atoms with Crippen LogP contribution in [-0.2, 0) is 21.2 Å². The molecular weight excluding hydrogens is 536 g/mol. The molecule has 0 unspecified atom stereocenters. The van der Waals surface area contributed by atoms with Gasteiger partial charge in [-0.15, -0.1) is 0 Å². The van der Waals surface area contributed by atoms with Gasteiger partial charge in [-0.1, -0.05) is 36.4 Å². The Kier molecular flexibility index (Phi) is 8.36. The number of carbonyl (C=O) groups excluding carboxylic acids is 1. The van der Waals surface area contributed by atoms with E-state index < -0.39 is 20.6 Å². The van der Waals surface area contributed by atoms with Crippen LogP contribution in [0.3, 0.4) is 0 Å². The average Bonchev–Trinajstić information content (AvgIpc) is 3.44. The lowest BCUT2D eigenvalue weighted by molar-refractivity contribution is -0.116. The van der Waals surface area contributed by atoms with Gasteiger partial charge in [0.1, 0.15) is 10.7 Å². The third kappa shape index (κ3) is 6.42. The first kappa shape index (κ1) is 27.5. The molecule has 0 saturated heterocycles. The summed E-state index contributed by atoms with van der Waals surface area (Å²) in [5, 5.41) is 7.54. The molecular formula is C32H28N4O4S. The van der Waals surface area contributed by atoms with Crippen LogP contribution < -0.4 is 10.1 Å². The average molecular weight is 565 g/mol. The Morgan fingerprint density at radius 3 is 2.22 bits per heavy atom. The van der Waals surface area contributed by atoms with E-state index in [0.29, 0.717) is 23.6 Å². The zero-order valence-electron chi connectivity index (χ0n) is 22.3. The Labute approximate surface area is 238 Å². The second-order valence-electron chi connectivity index (χ2n) is 9.03. The zero-order chi connectivity index (χ0) is 28.7. The highest BCUT2D eigenvalue weighted by molar-refractivity contribution is 7.96. The van der Waals surface area contributed by atoms with Crippen molar-refractivity contribution in [2.24, 2.45) is 0 Å². The molecule has 2 heterocycles. The third-order valence-electron chi connectivity index (χ3n) is 6.26. The Balaban J connectivity index is 1.63. The Hall–Kier alpha value is -5.02. The van der Waals surface area contributed by atoms with Crippen LogP contribution in [0.25, 0.3) is 23.0 Å². The molecule has 3 aromatic carbocycles. The number of aromatic nitrogens is 3. The monoisotopic (exact) mass is 564 g/mol. The van der Waals surface area contributed by atoms with Gasteiger partial charge >= 0.3 is 0 Å². The van der Waals surface area contributed by atoms with Crippen LogP contribution >= 0.6 is 0 Å². The summed E-state index contributed by atoms with van der Waals surface area (Å²) >= 11 is 0. The molecule has 8 nitrogen and oxygen atoms in total. The molecule has 0 fully saturated rings. The van der Waals surface area contributed by atoms with Gasteiger partial charge in [0, 0.05) is 36.3 Å². The van der Waals surface area contributed by atoms with Gasteiger partial charge in [0.15, 0.2) is 0 Å². The summed E-state index contributed by atoms with van der Waals surface area (Å²) < 4.78 is 34.9. The molecule has 0 radical (unpaired) electrons. The van der Waals surface area contributed by atoms with Crippen molar-refractivity contribution < 1.29 is 17.9 Å². The van der Waals surface area contributed by atoms with Crippen molar-refractivity contribution >= 4 is 21.8 Å². The highest BCUT2D eigenvalue weighted by Gasteiger charge is 2.28. The fourth-order valence-corrected chi connectivity index (χ4v) is 5.58. The Morgan fingerprint density at radius 1 is 0.902 bits per heavy atom. The summed E-state index contributed by atoms with van der Waals surface area (Å²) in [4.78, 5) is 17.2. The van der Waals surface area contributed by atoms with E-state index >= 15 is 0 Å². The largest absolute Gasteiger partial charge is 0.494 e. The molecule has 0 saturated carbocycles. The number of hydrogen-bond donors (Lipinski definition) is 1. The van der Waals surface area contributed by atoms with Gasteiger partial charge in [0.05, 0.1) is 22.9 Å². The first-order valence-corrected chi connectivity index (χ1v) is 14.5. The number of benzene rings is 3. The number of sulfone groups is 1. The third-order valence-corrected chi connectivity index (χ3v) is 8.03. The van der Waals surface area contributed by atoms with Gasteiger partial charge in [0.25, 0.3) is 5.91 Å². The number of amides is 1. The quantitative estimate of drug-likeness (QED) is 0.226. The van der Waals surface area contributed by atoms with Crippen LogP contribution in [-0.4, -0.2) is 35.7 Å². The summed E-state index contributed by atoms with van der Waals surface area (Å²) in [5.74, 6) is -0.0190. The number of carbonyl (C=O) groups is 1. The van der Waals surface area contributed by atoms with E-state index in [0.717, 1.165) is 16.8 Å². The topological polar surface area (TPSA) is 103 Å². The lowest BCUT2D eigenvalue weighted by Crippen LogP contribution is -2.28. The fraction of sp³-hybridized carbons (Fsp3) is 0.0938. The van der Waals surface area contributed by atoms with Gasteiger partial charge in [-0.25, -0.2) is 13.1 Å². The second kappa shape index (κ2) is 12.4. The molecule has 0 spiro atoms. The van der Waals surface area contributed by atoms with Crippen LogP contribution in [0.2, 0.25) is 0 Å². The second-order valence-corrected chi connectivity index (χ2v) is 11.0. The predicted octanol–water partition coefficient (Wildman–Crippen LogP) is 5.46. The number of rotatable bonds is 10. The molecule has 41 heavy (non-hydrogen) atoms. The van der Waals surface area contributed by atoms with Crippen molar-refractivity contribution in [1.29, 1.82) is 0 Å². The SMILES string of the molecule is CCOc1ccc(-c2nn(-c3ccccc3)cc2C=C(C(=O)NCc2ccncc2)S(=O)(=O)c2ccccc2)cc1. The molecule has 0 aliphatic rings. The number of nitrogens with zero attached hydrogens (tertiary/aromatic N) is 3. The molecule has 2 aromatic heterocycles. The van der Waals surface area contributed by atoms with Gasteiger partial charge < -0.3 is 10.1 Å². The summed E-state index contributed by atoms with van der Waals surface area (Å²) in [6.07, 6.45) is 6.33. The Bertz CT molecular complexity index is 1750. The van der Waals surface area contributed by atoms with E-state index in [1.165, 1.54) is 18.2 Å². The zero-order valence-corrected chi connectivity index (χ0v) is 23.2. The molecule has 206 valence electrons. The standard InChI is InChI=1S/C32H28N4O4S/c1-2-40-28-15-13-25(14-16-28)31-26(23-36(35-31)27-9-5-3-6-10-27)21-30(41(38,39)29-11-7-4-8-12-29)32(37)34-22-24-17-19-33-20-18-24/h3-21,23H,2,22H2,1H3,(H,34,37). The molecule has 1 N–H and O–H groups in total. The summed E-state index contributed by atoms with van der Waals surface area (Å²) in [5.41, 5.74) is 3.29. The number of ether oxygens (including phenoxy) is 1. The van der Waals surface area contributed by atoms with E-state index in [-0.39, 0.29) is 11.4 Å². The minimum atomic E-state index is -4.19. The van der Waals surface area contributed by atoms with Crippen LogP contribution in [0.4, 0.5) is 0 Å². The van der Waals surface area contributed by atoms with Gasteiger partial charge in [-0.05, 0) is 79.2 Å². The van der Waals surface area contributed by atoms with Gasteiger partial charge in [-0.2, -0.15) is 5.10 Å². The van der Waals surface area contributed by atoms with Gasteiger partial charge in [-0.3, -0.25) is 9.78 Å². The van der Waals surface area contributed by atoms with Crippen molar-refractivity contribution in [2.75, 3.05) is 6.61 Å². The molecule has 0 bridgehead atoms. The van der Waals surface area contributed by atoms with E-state index in [1.807, 2.05) is 61.5 Å². The maximum Gasteiger partial charge on any atom is 0.263 e. The lowest BCUT2D eigenvalue weighted by atomic mass is 10.1. The number of para-hydroxylation sites is 1. The Morgan fingerprint density at radius 2 is 1.56 bits per heavy atom. The van der Waals surface area contributed by atoms with Crippen molar-refractivity contribution in [3.8, 4) is 22.7 Å². The molecule has 0 atom stereocenters. The van der Waals surface area contributed by atoms with E-state index in [9.17, 15) is 13.2 Å². The van der Waals surface area contributed by atoms with E-state index in [4.69, 9.17) is 9.84 Å². The normalized spacial score (nSPS) is 11.7. The number of hydrogen-bond acceptors (Lipinski definition) is 6. The van der Waals surface area contributed by atoms with Crippen LogP contribution in [0.15, 0.2) is 125 Å². The summed E-state index contributed by atoms with van der Waals surface area (Å²) in [6.45, 7) is 2.58. The van der Waals surface area contributed by atoms with Gasteiger partial charge in [0.2, 0.25) is 9.84 Å². The highest BCUT2D eigenvalue weighted by Crippen LogP contribution is 2.30. The number of pyridine rings is 1. The number of nitrogens with one attached hydrogen (secondary N) is 1. The first-order chi connectivity index (χ1) is 20.0. The molecule has 0 aliphatic carbocycles.